The molecule has 7 atom stereocenters. The molecule has 4 nitrogen and oxygen atoms in total. The normalized spacial score (nSPS) is 49.3. The predicted octanol–water partition coefficient (Wildman–Crippen LogP) is 3.67. The molecular formula is C22H32O4. The summed E-state index contributed by atoms with van der Waals surface area (Å²) in [5.74, 6) is 0.0454. The molecule has 144 valence electrons. The number of hydrogen-bond acceptors (Lipinski definition) is 4. The maximum Gasteiger partial charge on any atom is 0.302 e. The summed E-state index contributed by atoms with van der Waals surface area (Å²) in [5.41, 5.74) is -0.0994. The zero-order chi connectivity index (χ0) is 19.1. The van der Waals surface area contributed by atoms with Crippen molar-refractivity contribution in [3.63, 3.8) is 0 Å². The van der Waals surface area contributed by atoms with Gasteiger partial charge in [-0.25, -0.2) is 0 Å². The second-order valence-electron chi connectivity index (χ2n) is 10.4. The highest BCUT2D eigenvalue weighted by Crippen LogP contribution is 2.71. The lowest BCUT2D eigenvalue weighted by atomic mass is 9.40. The van der Waals surface area contributed by atoms with Gasteiger partial charge in [-0.2, -0.15) is 0 Å². The molecule has 4 heteroatoms. The van der Waals surface area contributed by atoms with Crippen LogP contribution in [0.15, 0.2) is 12.2 Å². The van der Waals surface area contributed by atoms with Crippen molar-refractivity contribution in [2.45, 2.75) is 78.4 Å². The average Bonchev–Trinajstić information content (AvgIpc) is 2.66. The van der Waals surface area contributed by atoms with Gasteiger partial charge in [0.25, 0.3) is 0 Å². The number of aliphatic hydroxyl groups is 1. The molecule has 2 bridgehead atoms. The van der Waals surface area contributed by atoms with Crippen LogP contribution in [0, 0.1) is 34.0 Å². The van der Waals surface area contributed by atoms with Gasteiger partial charge in [-0.05, 0) is 54.4 Å². The van der Waals surface area contributed by atoms with Crippen LogP contribution in [0.3, 0.4) is 0 Å². The van der Waals surface area contributed by atoms with Crippen molar-refractivity contribution in [1.29, 1.82) is 0 Å². The molecule has 0 aromatic heterocycles. The molecule has 4 aliphatic rings. The highest BCUT2D eigenvalue weighted by atomic mass is 16.5. The van der Waals surface area contributed by atoms with Gasteiger partial charge in [-0.15, -0.1) is 0 Å². The summed E-state index contributed by atoms with van der Waals surface area (Å²) >= 11 is 0. The summed E-state index contributed by atoms with van der Waals surface area (Å²) < 4.78 is 5.87. The van der Waals surface area contributed by atoms with Crippen LogP contribution in [-0.2, 0) is 14.3 Å². The smallest absolute Gasteiger partial charge is 0.302 e. The van der Waals surface area contributed by atoms with E-state index in [9.17, 15) is 14.7 Å². The van der Waals surface area contributed by atoms with Crippen molar-refractivity contribution in [2.24, 2.45) is 34.0 Å². The minimum atomic E-state index is -0.599. The van der Waals surface area contributed by atoms with Gasteiger partial charge in [0.15, 0.2) is 5.78 Å². The Hall–Kier alpha value is -1.16. The number of fused-ring (bicyclic) bond motifs is 3. The van der Waals surface area contributed by atoms with Crippen molar-refractivity contribution in [3.05, 3.63) is 12.2 Å². The maximum atomic E-state index is 13.3. The molecule has 1 N–H and O–H groups in total. The van der Waals surface area contributed by atoms with Crippen molar-refractivity contribution in [1.82, 2.24) is 0 Å². The SMILES string of the molecule is C=C1C(=O)[C@]23C[C@H]1C[C@H](O)[C@H]2[C@]1(C)CCCC(C)(C)[C@H]1[C@@H](OC(C)=O)C3. The number of allylic oxidation sites excluding steroid dienone is 1. The first-order chi connectivity index (χ1) is 12.0. The van der Waals surface area contributed by atoms with E-state index in [-0.39, 0.29) is 46.4 Å². The Morgan fingerprint density at radius 3 is 2.54 bits per heavy atom. The Morgan fingerprint density at radius 2 is 1.88 bits per heavy atom. The van der Waals surface area contributed by atoms with Crippen molar-refractivity contribution in [3.8, 4) is 0 Å². The second kappa shape index (κ2) is 5.43. The molecule has 4 fully saturated rings. The molecule has 4 rings (SSSR count). The summed E-state index contributed by atoms with van der Waals surface area (Å²) in [6.07, 6.45) is 4.39. The molecule has 26 heavy (non-hydrogen) atoms. The van der Waals surface area contributed by atoms with Crippen LogP contribution in [-0.4, -0.2) is 29.1 Å². The number of ketones is 1. The van der Waals surface area contributed by atoms with E-state index in [0.717, 1.165) is 25.7 Å². The Labute approximate surface area is 156 Å². The number of rotatable bonds is 1. The van der Waals surface area contributed by atoms with E-state index in [1.165, 1.54) is 6.92 Å². The number of hydrogen-bond donors (Lipinski definition) is 1. The Morgan fingerprint density at radius 1 is 1.19 bits per heavy atom. The minimum absolute atomic E-state index is 0.0178. The van der Waals surface area contributed by atoms with Crippen LogP contribution in [0.2, 0.25) is 0 Å². The molecule has 0 aromatic rings. The maximum absolute atomic E-state index is 13.3. The van der Waals surface area contributed by atoms with Crippen LogP contribution in [0.4, 0.5) is 0 Å². The first-order valence-corrected chi connectivity index (χ1v) is 10.1. The molecule has 0 unspecified atom stereocenters. The molecule has 4 aliphatic carbocycles. The quantitative estimate of drug-likeness (QED) is 0.572. The van der Waals surface area contributed by atoms with E-state index >= 15 is 0 Å². The van der Waals surface area contributed by atoms with Crippen LogP contribution >= 0.6 is 0 Å². The molecule has 0 heterocycles. The monoisotopic (exact) mass is 360 g/mol. The molecule has 0 amide bonds. The summed E-state index contributed by atoms with van der Waals surface area (Å²) in [6.45, 7) is 12.3. The van der Waals surface area contributed by atoms with E-state index in [4.69, 9.17) is 4.74 Å². The molecule has 0 radical (unpaired) electrons. The van der Waals surface area contributed by atoms with E-state index in [1.807, 2.05) is 0 Å². The number of carbonyl (C=O) groups is 2. The highest BCUT2D eigenvalue weighted by molar-refractivity contribution is 6.03. The van der Waals surface area contributed by atoms with Crippen molar-refractivity contribution in [2.75, 3.05) is 0 Å². The lowest BCUT2D eigenvalue weighted by molar-refractivity contribution is -0.229. The summed E-state index contributed by atoms with van der Waals surface area (Å²) in [4.78, 5) is 25.2. The number of esters is 1. The van der Waals surface area contributed by atoms with E-state index < -0.39 is 11.5 Å². The third kappa shape index (κ3) is 2.17. The standard InChI is InChI=1S/C22H32O4/c1-12-14-9-15(24)17-21(5)8-6-7-20(3,4)18(21)16(26-13(2)23)11-22(17,10-14)19(12)25/h14-18,24H,1,6-11H2,2-5H3/t14-,15+,16+,17+,18-,21+,22+/m1/s1. The highest BCUT2D eigenvalue weighted by Gasteiger charge is 2.71. The van der Waals surface area contributed by atoms with Crippen LogP contribution in [0.5, 0.6) is 0 Å². The molecule has 0 saturated heterocycles. The Kier molecular flexibility index (Phi) is 3.81. The Balaban J connectivity index is 1.88. The number of aliphatic hydroxyl groups excluding tert-OH is 1. The summed E-state index contributed by atoms with van der Waals surface area (Å²) in [5, 5.41) is 11.2. The average molecular weight is 360 g/mol. The fraction of sp³-hybridized carbons (Fsp3) is 0.818. The van der Waals surface area contributed by atoms with E-state index in [1.54, 1.807) is 0 Å². The third-order valence-corrected chi connectivity index (χ3v) is 8.41. The van der Waals surface area contributed by atoms with Gasteiger partial charge in [0, 0.05) is 24.2 Å². The van der Waals surface area contributed by atoms with Gasteiger partial charge in [0.2, 0.25) is 0 Å². The third-order valence-electron chi connectivity index (χ3n) is 8.41. The largest absolute Gasteiger partial charge is 0.462 e. The van der Waals surface area contributed by atoms with Crippen molar-refractivity contribution >= 4 is 11.8 Å². The molecule has 0 aliphatic heterocycles. The number of carbonyl (C=O) groups excluding carboxylic acids is 2. The van der Waals surface area contributed by atoms with Crippen LogP contribution in [0.25, 0.3) is 0 Å². The van der Waals surface area contributed by atoms with Crippen LogP contribution in [0.1, 0.15) is 66.2 Å². The lowest BCUT2D eigenvalue weighted by Crippen LogP contribution is -2.66. The summed E-state index contributed by atoms with van der Waals surface area (Å²) in [6, 6.07) is 0. The second-order valence-corrected chi connectivity index (χ2v) is 10.4. The van der Waals surface area contributed by atoms with Gasteiger partial charge in [-0.1, -0.05) is 33.8 Å². The van der Waals surface area contributed by atoms with E-state index in [2.05, 4.69) is 27.4 Å². The lowest BCUT2D eigenvalue weighted by Gasteiger charge is -2.65. The van der Waals surface area contributed by atoms with Crippen molar-refractivity contribution < 1.29 is 19.4 Å². The topological polar surface area (TPSA) is 63.6 Å². The first kappa shape index (κ1) is 18.2. The zero-order valence-corrected chi connectivity index (χ0v) is 16.5. The predicted molar refractivity (Wildman–Crippen MR) is 98.2 cm³/mol. The fourth-order valence-corrected chi connectivity index (χ4v) is 8.03. The van der Waals surface area contributed by atoms with Gasteiger partial charge in [-0.3, -0.25) is 9.59 Å². The summed E-state index contributed by atoms with van der Waals surface area (Å²) in [7, 11) is 0. The van der Waals surface area contributed by atoms with Gasteiger partial charge >= 0.3 is 5.97 Å². The minimum Gasteiger partial charge on any atom is -0.462 e. The van der Waals surface area contributed by atoms with Crippen LogP contribution < -0.4 is 0 Å². The number of ether oxygens (including phenoxy) is 1. The molecule has 4 saturated carbocycles. The van der Waals surface area contributed by atoms with Gasteiger partial charge < -0.3 is 9.84 Å². The molecule has 1 spiro atoms. The molecular weight excluding hydrogens is 328 g/mol. The number of Topliss-reactive ketones (excluding diaryl/α,β-unsaturated/α-hetero) is 1. The van der Waals surface area contributed by atoms with Gasteiger partial charge in [0.05, 0.1) is 6.10 Å². The van der Waals surface area contributed by atoms with Gasteiger partial charge in [0.1, 0.15) is 6.10 Å². The first-order valence-electron chi connectivity index (χ1n) is 10.1. The van der Waals surface area contributed by atoms with E-state index in [0.29, 0.717) is 18.4 Å². The molecule has 0 aromatic carbocycles. The Bertz CT molecular complexity index is 680. The fourth-order valence-electron chi connectivity index (χ4n) is 8.03. The zero-order valence-electron chi connectivity index (χ0n) is 16.5.